The fourth-order valence-electron chi connectivity index (χ4n) is 1.53. The van der Waals surface area contributed by atoms with Crippen molar-refractivity contribution in [1.29, 1.82) is 0 Å². The van der Waals surface area contributed by atoms with Gasteiger partial charge in [-0.2, -0.15) is 5.10 Å². The largest absolute Gasteiger partial charge is 0.350 e. The third kappa shape index (κ3) is 3.75. The van der Waals surface area contributed by atoms with Crippen molar-refractivity contribution in [2.45, 2.75) is 6.54 Å². The highest BCUT2D eigenvalue weighted by Gasteiger charge is 2.04. The molecule has 1 heterocycles. The third-order valence-corrected chi connectivity index (χ3v) is 3.03. The van der Waals surface area contributed by atoms with Crippen LogP contribution in [0.25, 0.3) is 0 Å². The second kappa shape index (κ2) is 6.29. The number of benzene rings is 1. The summed E-state index contributed by atoms with van der Waals surface area (Å²) in [6.07, 6.45) is 1.54. The van der Waals surface area contributed by atoms with Crippen LogP contribution >= 0.6 is 15.9 Å². The number of hydrogen-bond acceptors (Lipinski definition) is 3. The summed E-state index contributed by atoms with van der Waals surface area (Å²) >= 11 is 3.31. The molecule has 0 atom stereocenters. The summed E-state index contributed by atoms with van der Waals surface area (Å²) in [4.78, 5) is 23.2. The van der Waals surface area contributed by atoms with Crippen LogP contribution in [0.4, 0.5) is 0 Å². The topological polar surface area (TPSA) is 64.0 Å². The van der Waals surface area contributed by atoms with Gasteiger partial charge in [-0.25, -0.2) is 4.68 Å². The van der Waals surface area contributed by atoms with Gasteiger partial charge in [0.2, 0.25) is 0 Å². The Bertz CT molecular complexity index is 622. The van der Waals surface area contributed by atoms with E-state index in [4.69, 9.17) is 0 Å². The fraction of sp³-hybridized carbons (Fsp3) is 0.154. The molecule has 0 spiro atoms. The number of aromatic nitrogens is 2. The molecule has 0 aliphatic carbocycles. The molecule has 2 aromatic rings. The van der Waals surface area contributed by atoms with Gasteiger partial charge in [0.25, 0.3) is 11.5 Å². The van der Waals surface area contributed by atoms with Crippen LogP contribution in [-0.2, 0) is 6.54 Å². The maximum absolute atomic E-state index is 11.8. The van der Waals surface area contributed by atoms with E-state index in [1.807, 2.05) is 0 Å². The molecular weight excluding hydrogens is 310 g/mol. The Morgan fingerprint density at radius 3 is 2.68 bits per heavy atom. The Labute approximate surface area is 118 Å². The Hall–Kier alpha value is -1.95. The monoisotopic (exact) mass is 321 g/mol. The van der Waals surface area contributed by atoms with Crippen molar-refractivity contribution in [2.24, 2.45) is 0 Å². The molecule has 0 saturated carbocycles. The standard InChI is InChI=1S/C13H12BrN3O2/c14-11-5-3-10(4-6-11)13(19)15-8-9-17-12(18)2-1-7-16-17/h1-7H,8-9H2,(H,15,19). The van der Waals surface area contributed by atoms with E-state index in [9.17, 15) is 9.59 Å². The third-order valence-electron chi connectivity index (χ3n) is 2.50. The van der Waals surface area contributed by atoms with Gasteiger partial charge >= 0.3 is 0 Å². The molecule has 0 radical (unpaired) electrons. The normalized spacial score (nSPS) is 10.2. The highest BCUT2D eigenvalue weighted by molar-refractivity contribution is 9.10. The van der Waals surface area contributed by atoms with Gasteiger partial charge in [0.05, 0.1) is 6.54 Å². The first-order chi connectivity index (χ1) is 9.16. The number of rotatable bonds is 4. The average Bonchev–Trinajstić information content (AvgIpc) is 2.41. The van der Waals surface area contributed by atoms with Crippen LogP contribution in [0, 0.1) is 0 Å². The summed E-state index contributed by atoms with van der Waals surface area (Å²) in [5.74, 6) is -0.170. The number of carbonyl (C=O) groups excluding carboxylic acids is 1. The van der Waals surface area contributed by atoms with Crippen molar-refractivity contribution in [3.63, 3.8) is 0 Å². The number of nitrogens with zero attached hydrogens (tertiary/aromatic N) is 2. The molecular formula is C13H12BrN3O2. The lowest BCUT2D eigenvalue weighted by Crippen LogP contribution is -2.31. The van der Waals surface area contributed by atoms with Gasteiger partial charge in [-0.05, 0) is 30.3 Å². The summed E-state index contributed by atoms with van der Waals surface area (Å²) in [6, 6.07) is 10.1. The summed E-state index contributed by atoms with van der Waals surface area (Å²) in [7, 11) is 0. The molecule has 1 aromatic carbocycles. The van der Waals surface area contributed by atoms with E-state index in [2.05, 4.69) is 26.3 Å². The van der Waals surface area contributed by atoms with Crippen LogP contribution < -0.4 is 10.9 Å². The predicted molar refractivity (Wildman–Crippen MR) is 75.0 cm³/mol. The molecule has 6 heteroatoms. The lowest BCUT2D eigenvalue weighted by Gasteiger charge is -2.06. The van der Waals surface area contributed by atoms with Crippen LogP contribution in [0.3, 0.4) is 0 Å². The maximum Gasteiger partial charge on any atom is 0.266 e. The molecule has 1 N–H and O–H groups in total. The van der Waals surface area contributed by atoms with Gasteiger partial charge in [0.1, 0.15) is 0 Å². The van der Waals surface area contributed by atoms with Crippen LogP contribution in [0.15, 0.2) is 51.9 Å². The lowest BCUT2D eigenvalue weighted by atomic mass is 10.2. The van der Waals surface area contributed by atoms with E-state index in [0.717, 1.165) is 4.47 Å². The molecule has 1 aromatic heterocycles. The molecule has 1 amide bonds. The Morgan fingerprint density at radius 2 is 2.00 bits per heavy atom. The van der Waals surface area contributed by atoms with Crippen molar-refractivity contribution in [1.82, 2.24) is 15.1 Å². The summed E-state index contributed by atoms with van der Waals surface area (Å²) in [5.41, 5.74) is 0.400. The van der Waals surface area contributed by atoms with Crippen LogP contribution in [0.5, 0.6) is 0 Å². The van der Waals surface area contributed by atoms with Crippen molar-refractivity contribution in [3.8, 4) is 0 Å². The molecule has 0 unspecified atom stereocenters. The molecule has 19 heavy (non-hydrogen) atoms. The smallest absolute Gasteiger partial charge is 0.266 e. The van der Waals surface area contributed by atoms with E-state index in [0.29, 0.717) is 18.7 Å². The zero-order valence-electron chi connectivity index (χ0n) is 10.0. The molecule has 0 fully saturated rings. The van der Waals surface area contributed by atoms with Crippen molar-refractivity contribution in [2.75, 3.05) is 6.54 Å². The minimum atomic E-state index is -0.180. The minimum absolute atomic E-state index is 0.170. The first kappa shape index (κ1) is 13.5. The molecule has 2 rings (SSSR count). The first-order valence-electron chi connectivity index (χ1n) is 5.73. The van der Waals surface area contributed by atoms with Crippen LogP contribution in [0.1, 0.15) is 10.4 Å². The van der Waals surface area contributed by atoms with Gasteiger partial charge < -0.3 is 5.32 Å². The van der Waals surface area contributed by atoms with E-state index in [1.165, 1.54) is 16.9 Å². The Kier molecular flexibility index (Phi) is 4.46. The van der Waals surface area contributed by atoms with E-state index in [-0.39, 0.29) is 11.5 Å². The lowest BCUT2D eigenvalue weighted by molar-refractivity contribution is 0.0951. The van der Waals surface area contributed by atoms with E-state index >= 15 is 0 Å². The SMILES string of the molecule is O=C(NCCn1ncccc1=O)c1ccc(Br)cc1. The maximum atomic E-state index is 11.8. The van der Waals surface area contributed by atoms with Crippen molar-refractivity contribution < 1.29 is 4.79 Å². The number of carbonyl (C=O) groups is 1. The molecule has 5 nitrogen and oxygen atoms in total. The molecule has 0 saturated heterocycles. The van der Waals surface area contributed by atoms with Gasteiger partial charge in [0, 0.05) is 28.8 Å². The van der Waals surface area contributed by atoms with Gasteiger partial charge in [-0.1, -0.05) is 15.9 Å². The second-order valence-corrected chi connectivity index (χ2v) is 4.76. The number of amides is 1. The van der Waals surface area contributed by atoms with Gasteiger partial charge in [0.15, 0.2) is 0 Å². The van der Waals surface area contributed by atoms with Crippen LogP contribution in [-0.4, -0.2) is 22.2 Å². The first-order valence-corrected chi connectivity index (χ1v) is 6.52. The van der Waals surface area contributed by atoms with Gasteiger partial charge in [-0.3, -0.25) is 9.59 Å². The summed E-state index contributed by atoms with van der Waals surface area (Å²) < 4.78 is 2.23. The number of halogens is 1. The molecule has 0 aliphatic rings. The zero-order chi connectivity index (χ0) is 13.7. The number of nitrogens with one attached hydrogen (secondary N) is 1. The van der Waals surface area contributed by atoms with Crippen molar-refractivity contribution >= 4 is 21.8 Å². The average molecular weight is 322 g/mol. The Morgan fingerprint density at radius 1 is 1.26 bits per heavy atom. The summed E-state index contributed by atoms with van der Waals surface area (Å²) in [6.45, 7) is 0.702. The molecule has 0 aliphatic heterocycles. The number of hydrogen-bond donors (Lipinski definition) is 1. The zero-order valence-corrected chi connectivity index (χ0v) is 11.6. The van der Waals surface area contributed by atoms with Gasteiger partial charge in [-0.15, -0.1) is 0 Å². The Balaban J connectivity index is 1.89. The predicted octanol–water partition coefficient (Wildman–Crippen LogP) is 1.44. The fourth-order valence-corrected chi connectivity index (χ4v) is 1.80. The second-order valence-electron chi connectivity index (χ2n) is 3.85. The highest BCUT2D eigenvalue weighted by Crippen LogP contribution is 2.10. The van der Waals surface area contributed by atoms with Crippen LogP contribution in [0.2, 0.25) is 0 Å². The highest BCUT2D eigenvalue weighted by atomic mass is 79.9. The van der Waals surface area contributed by atoms with Crippen molar-refractivity contribution in [3.05, 3.63) is 63.0 Å². The van der Waals surface area contributed by atoms with E-state index in [1.54, 1.807) is 30.3 Å². The van der Waals surface area contributed by atoms with E-state index < -0.39 is 0 Å². The summed E-state index contributed by atoms with van der Waals surface area (Å²) in [5, 5.41) is 6.65. The minimum Gasteiger partial charge on any atom is -0.350 e. The molecule has 0 bridgehead atoms. The molecule has 98 valence electrons. The quantitative estimate of drug-likeness (QED) is 0.926.